The number of nitrogens with zero attached hydrogens (tertiary/aromatic N) is 1. The molecule has 0 saturated carbocycles. The second kappa shape index (κ2) is 2.87. The fourth-order valence-electron chi connectivity index (χ4n) is 1.28. The highest BCUT2D eigenvalue weighted by Gasteiger charge is 1.99. The zero-order valence-corrected chi connectivity index (χ0v) is 8.11. The van der Waals surface area contributed by atoms with Crippen molar-refractivity contribution >= 4 is 21.6 Å². The lowest BCUT2D eigenvalue weighted by atomic mass is 10.2. The van der Waals surface area contributed by atoms with Gasteiger partial charge in [0.25, 0.3) is 0 Å². The van der Waals surface area contributed by atoms with Gasteiger partial charge in [0.1, 0.15) is 4.83 Å². The summed E-state index contributed by atoms with van der Waals surface area (Å²) in [7, 11) is 0. The van der Waals surface area contributed by atoms with Gasteiger partial charge in [-0.1, -0.05) is 13.0 Å². The van der Waals surface area contributed by atoms with E-state index >= 15 is 0 Å². The lowest BCUT2D eigenvalue weighted by Gasteiger charge is -1.93. The first kappa shape index (κ1) is 7.74. The maximum absolute atomic E-state index is 4.53. The number of thiophene rings is 1. The molecule has 0 amide bonds. The fourth-order valence-corrected chi connectivity index (χ4v) is 2.18. The number of aryl methyl sites for hydroxylation is 2. The van der Waals surface area contributed by atoms with Gasteiger partial charge in [0.05, 0.1) is 0 Å². The lowest BCUT2D eigenvalue weighted by Crippen LogP contribution is -1.83. The first-order valence-electron chi connectivity index (χ1n) is 4.15. The lowest BCUT2D eigenvalue weighted by molar-refractivity contribution is 1.06. The Balaban J connectivity index is 2.66. The number of hydrogen-bond donors (Lipinski definition) is 0. The predicted octanol–water partition coefficient (Wildman–Crippen LogP) is 3.17. The predicted molar refractivity (Wildman–Crippen MR) is 53.7 cm³/mol. The molecule has 0 aliphatic carbocycles. The van der Waals surface area contributed by atoms with Crippen molar-refractivity contribution in [3.05, 3.63) is 28.8 Å². The normalized spacial score (nSPS) is 10.8. The summed E-state index contributed by atoms with van der Waals surface area (Å²) in [5, 5.41) is 1.27. The van der Waals surface area contributed by atoms with E-state index in [4.69, 9.17) is 0 Å². The molecular weight excluding hydrogens is 166 g/mol. The first-order chi connectivity index (χ1) is 5.79. The Morgan fingerprint density at radius 1 is 1.42 bits per heavy atom. The summed E-state index contributed by atoms with van der Waals surface area (Å²) >= 11 is 1.77. The number of pyridine rings is 1. The smallest absolute Gasteiger partial charge is 0.123 e. The summed E-state index contributed by atoms with van der Waals surface area (Å²) in [6.07, 6.45) is 1.02. The Kier molecular flexibility index (Phi) is 1.85. The highest BCUT2D eigenvalue weighted by molar-refractivity contribution is 7.18. The molecular formula is C10H11NS. The number of fused-ring (bicyclic) bond motifs is 1. The SMILES string of the molecule is CCc1ccc2cc(C)sc2n1. The minimum atomic E-state index is 1.02. The van der Waals surface area contributed by atoms with Crippen molar-refractivity contribution in [3.63, 3.8) is 0 Å². The summed E-state index contributed by atoms with van der Waals surface area (Å²) in [4.78, 5) is 7.04. The molecule has 0 aliphatic rings. The van der Waals surface area contributed by atoms with Crippen molar-refractivity contribution in [1.29, 1.82) is 0 Å². The Bertz CT molecular complexity index is 403. The van der Waals surface area contributed by atoms with E-state index in [9.17, 15) is 0 Å². The molecule has 2 heteroatoms. The van der Waals surface area contributed by atoms with E-state index in [0.29, 0.717) is 0 Å². The largest absolute Gasteiger partial charge is 0.242 e. The van der Waals surface area contributed by atoms with Crippen molar-refractivity contribution in [2.24, 2.45) is 0 Å². The van der Waals surface area contributed by atoms with Crippen LogP contribution in [0.2, 0.25) is 0 Å². The Labute approximate surface area is 76.1 Å². The van der Waals surface area contributed by atoms with Crippen LogP contribution in [0.1, 0.15) is 17.5 Å². The second-order valence-electron chi connectivity index (χ2n) is 2.91. The molecule has 0 aromatic carbocycles. The zero-order valence-electron chi connectivity index (χ0n) is 7.29. The third-order valence-corrected chi connectivity index (χ3v) is 2.89. The van der Waals surface area contributed by atoms with E-state index in [1.54, 1.807) is 11.3 Å². The summed E-state index contributed by atoms with van der Waals surface area (Å²) in [5.74, 6) is 0. The van der Waals surface area contributed by atoms with Crippen LogP contribution >= 0.6 is 11.3 Å². The van der Waals surface area contributed by atoms with Crippen molar-refractivity contribution in [1.82, 2.24) is 4.98 Å². The Morgan fingerprint density at radius 2 is 2.25 bits per heavy atom. The van der Waals surface area contributed by atoms with Crippen LogP contribution in [0, 0.1) is 6.92 Å². The van der Waals surface area contributed by atoms with Crippen LogP contribution in [0.25, 0.3) is 10.2 Å². The van der Waals surface area contributed by atoms with Crippen molar-refractivity contribution in [2.75, 3.05) is 0 Å². The number of aromatic nitrogens is 1. The third kappa shape index (κ3) is 1.23. The van der Waals surface area contributed by atoms with E-state index in [1.165, 1.54) is 20.8 Å². The molecule has 0 N–H and O–H groups in total. The van der Waals surface area contributed by atoms with Gasteiger partial charge in [-0.25, -0.2) is 4.98 Å². The summed E-state index contributed by atoms with van der Waals surface area (Å²) in [5.41, 5.74) is 1.18. The maximum atomic E-state index is 4.53. The molecule has 0 unspecified atom stereocenters. The van der Waals surface area contributed by atoms with Crippen LogP contribution in [0.5, 0.6) is 0 Å². The molecule has 2 heterocycles. The molecule has 0 saturated heterocycles. The Hall–Kier alpha value is -0.890. The molecule has 1 nitrogen and oxygen atoms in total. The highest BCUT2D eigenvalue weighted by atomic mass is 32.1. The molecule has 2 rings (SSSR count). The Morgan fingerprint density at radius 3 is 3.00 bits per heavy atom. The van der Waals surface area contributed by atoms with Crippen molar-refractivity contribution in [2.45, 2.75) is 20.3 Å². The summed E-state index contributed by atoms with van der Waals surface area (Å²) in [6.45, 7) is 4.26. The minimum Gasteiger partial charge on any atom is -0.242 e. The van der Waals surface area contributed by atoms with Gasteiger partial charge in [0.15, 0.2) is 0 Å². The molecule has 0 atom stereocenters. The fraction of sp³-hybridized carbons (Fsp3) is 0.300. The quantitative estimate of drug-likeness (QED) is 0.652. The first-order valence-corrected chi connectivity index (χ1v) is 4.97. The van der Waals surface area contributed by atoms with E-state index in [-0.39, 0.29) is 0 Å². The maximum Gasteiger partial charge on any atom is 0.123 e. The van der Waals surface area contributed by atoms with Crippen molar-refractivity contribution < 1.29 is 0 Å². The summed E-state index contributed by atoms with van der Waals surface area (Å²) in [6, 6.07) is 6.45. The van der Waals surface area contributed by atoms with Crippen LogP contribution < -0.4 is 0 Å². The number of hydrogen-bond acceptors (Lipinski definition) is 2. The topological polar surface area (TPSA) is 12.9 Å². The van der Waals surface area contributed by atoms with Crippen molar-refractivity contribution in [3.8, 4) is 0 Å². The molecule has 2 aromatic rings. The second-order valence-corrected chi connectivity index (χ2v) is 4.14. The van der Waals surface area contributed by atoms with Gasteiger partial charge < -0.3 is 0 Å². The van der Waals surface area contributed by atoms with Crippen LogP contribution in [0.4, 0.5) is 0 Å². The molecule has 0 aliphatic heterocycles. The average molecular weight is 177 g/mol. The van der Waals surface area contributed by atoms with Gasteiger partial charge >= 0.3 is 0 Å². The molecule has 2 aromatic heterocycles. The molecule has 0 bridgehead atoms. The number of rotatable bonds is 1. The van der Waals surface area contributed by atoms with Crippen LogP contribution in [-0.2, 0) is 6.42 Å². The van der Waals surface area contributed by atoms with Crippen LogP contribution in [0.15, 0.2) is 18.2 Å². The summed E-state index contributed by atoms with van der Waals surface area (Å²) < 4.78 is 0. The molecule has 62 valence electrons. The van der Waals surface area contributed by atoms with E-state index in [2.05, 4.69) is 37.0 Å². The zero-order chi connectivity index (χ0) is 8.55. The van der Waals surface area contributed by atoms with Gasteiger partial charge in [-0.2, -0.15) is 0 Å². The van der Waals surface area contributed by atoms with Crippen LogP contribution in [-0.4, -0.2) is 4.98 Å². The molecule has 0 radical (unpaired) electrons. The molecule has 0 spiro atoms. The third-order valence-electron chi connectivity index (χ3n) is 1.93. The highest BCUT2D eigenvalue weighted by Crippen LogP contribution is 2.23. The van der Waals surface area contributed by atoms with E-state index in [0.717, 1.165) is 6.42 Å². The average Bonchev–Trinajstić information content (AvgIpc) is 2.43. The van der Waals surface area contributed by atoms with Crippen LogP contribution in [0.3, 0.4) is 0 Å². The van der Waals surface area contributed by atoms with E-state index in [1.807, 2.05) is 0 Å². The van der Waals surface area contributed by atoms with Gasteiger partial charge in [0.2, 0.25) is 0 Å². The monoisotopic (exact) mass is 177 g/mol. The molecule has 0 fully saturated rings. The van der Waals surface area contributed by atoms with Gasteiger partial charge in [-0.05, 0) is 25.5 Å². The standard InChI is InChI=1S/C10H11NS/c1-3-9-5-4-8-6-7(2)12-10(8)11-9/h4-6H,3H2,1-2H3. The molecule has 12 heavy (non-hydrogen) atoms. The van der Waals surface area contributed by atoms with Gasteiger partial charge in [0, 0.05) is 16.0 Å². The van der Waals surface area contributed by atoms with Gasteiger partial charge in [-0.15, -0.1) is 11.3 Å². The van der Waals surface area contributed by atoms with E-state index < -0.39 is 0 Å². The van der Waals surface area contributed by atoms with Gasteiger partial charge in [-0.3, -0.25) is 0 Å². The minimum absolute atomic E-state index is 1.02.